The van der Waals surface area contributed by atoms with Crippen LogP contribution in [-0.2, 0) is 11.2 Å². The molecule has 2 aromatic rings. The van der Waals surface area contributed by atoms with Crippen molar-refractivity contribution in [1.82, 2.24) is 0 Å². The maximum atomic E-state index is 11.7. The van der Waals surface area contributed by atoms with Gasteiger partial charge in [-0.25, -0.2) is 0 Å². The fourth-order valence-corrected chi connectivity index (χ4v) is 2.55. The number of carboxylic acids is 1. The summed E-state index contributed by atoms with van der Waals surface area (Å²) in [5.41, 5.74) is 5.36. The zero-order valence-corrected chi connectivity index (χ0v) is 12.2. The highest BCUT2D eigenvalue weighted by molar-refractivity contribution is 5.77. The first-order valence-corrected chi connectivity index (χ1v) is 6.83. The molecule has 0 aromatic heterocycles. The Morgan fingerprint density at radius 1 is 1.05 bits per heavy atom. The van der Waals surface area contributed by atoms with Gasteiger partial charge in [-0.15, -0.1) is 0 Å². The predicted octanol–water partition coefficient (Wildman–Crippen LogP) is 4.02. The predicted molar refractivity (Wildman–Crippen MR) is 81.2 cm³/mol. The Labute approximate surface area is 120 Å². The van der Waals surface area contributed by atoms with Crippen LogP contribution in [0.2, 0.25) is 0 Å². The topological polar surface area (TPSA) is 37.3 Å². The molecule has 0 heterocycles. The monoisotopic (exact) mass is 268 g/mol. The summed E-state index contributed by atoms with van der Waals surface area (Å²) in [5, 5.41) is 9.57. The lowest BCUT2D eigenvalue weighted by atomic mass is 9.87. The zero-order chi connectivity index (χ0) is 14.7. The molecule has 20 heavy (non-hydrogen) atoms. The quantitative estimate of drug-likeness (QED) is 0.909. The van der Waals surface area contributed by atoms with Crippen molar-refractivity contribution in [3.8, 4) is 0 Å². The van der Waals surface area contributed by atoms with Crippen LogP contribution in [0, 0.1) is 20.8 Å². The highest BCUT2D eigenvalue weighted by atomic mass is 16.4. The Balaban J connectivity index is 2.38. The SMILES string of the molecule is Cc1ccc(C)c(CC(C(=O)O)c2ccccc2C)c1. The van der Waals surface area contributed by atoms with Crippen molar-refractivity contribution in [2.24, 2.45) is 0 Å². The van der Waals surface area contributed by atoms with Gasteiger partial charge in [-0.2, -0.15) is 0 Å². The molecule has 0 saturated carbocycles. The Hall–Kier alpha value is -2.09. The molecule has 0 radical (unpaired) electrons. The maximum Gasteiger partial charge on any atom is 0.311 e. The van der Waals surface area contributed by atoms with Crippen LogP contribution in [-0.4, -0.2) is 11.1 Å². The van der Waals surface area contributed by atoms with E-state index < -0.39 is 11.9 Å². The third-order valence-electron chi connectivity index (χ3n) is 3.79. The van der Waals surface area contributed by atoms with Gasteiger partial charge >= 0.3 is 5.97 Å². The average molecular weight is 268 g/mol. The van der Waals surface area contributed by atoms with E-state index >= 15 is 0 Å². The van der Waals surface area contributed by atoms with Gasteiger partial charge in [0.25, 0.3) is 0 Å². The van der Waals surface area contributed by atoms with E-state index in [-0.39, 0.29) is 0 Å². The lowest BCUT2D eigenvalue weighted by molar-refractivity contribution is -0.138. The van der Waals surface area contributed by atoms with Crippen molar-refractivity contribution in [2.75, 3.05) is 0 Å². The highest BCUT2D eigenvalue weighted by Crippen LogP contribution is 2.26. The number of aliphatic carboxylic acids is 1. The number of carboxylic acid groups (broad SMARTS) is 1. The minimum atomic E-state index is -0.764. The molecule has 2 rings (SSSR count). The van der Waals surface area contributed by atoms with Crippen LogP contribution in [0.15, 0.2) is 42.5 Å². The Morgan fingerprint density at radius 2 is 1.75 bits per heavy atom. The zero-order valence-electron chi connectivity index (χ0n) is 12.2. The van der Waals surface area contributed by atoms with Crippen LogP contribution >= 0.6 is 0 Å². The second-order valence-electron chi connectivity index (χ2n) is 5.38. The molecule has 2 heteroatoms. The number of benzene rings is 2. The molecular formula is C18H20O2. The van der Waals surface area contributed by atoms with Crippen LogP contribution in [0.3, 0.4) is 0 Å². The summed E-state index contributed by atoms with van der Waals surface area (Å²) in [6.45, 7) is 6.03. The number of rotatable bonds is 4. The van der Waals surface area contributed by atoms with Crippen molar-refractivity contribution in [3.05, 3.63) is 70.3 Å². The maximum absolute atomic E-state index is 11.7. The lowest BCUT2D eigenvalue weighted by Gasteiger charge is -2.17. The van der Waals surface area contributed by atoms with Gasteiger partial charge in [0.2, 0.25) is 0 Å². The molecule has 2 nitrogen and oxygen atoms in total. The smallest absolute Gasteiger partial charge is 0.311 e. The molecule has 1 unspecified atom stereocenters. The van der Waals surface area contributed by atoms with E-state index in [4.69, 9.17) is 0 Å². The van der Waals surface area contributed by atoms with Gasteiger partial charge < -0.3 is 5.11 Å². The third-order valence-corrected chi connectivity index (χ3v) is 3.79. The standard InChI is InChI=1S/C18H20O2/c1-12-8-9-13(2)15(10-12)11-17(18(19)20)16-7-5-4-6-14(16)3/h4-10,17H,11H2,1-3H3,(H,19,20). The Bertz CT molecular complexity index is 629. The fraction of sp³-hybridized carbons (Fsp3) is 0.278. The number of hydrogen-bond donors (Lipinski definition) is 1. The van der Waals surface area contributed by atoms with Gasteiger partial charge in [-0.05, 0) is 49.4 Å². The van der Waals surface area contributed by atoms with E-state index in [1.165, 1.54) is 5.56 Å². The highest BCUT2D eigenvalue weighted by Gasteiger charge is 2.22. The normalized spacial score (nSPS) is 12.2. The van der Waals surface area contributed by atoms with Gasteiger partial charge in [0, 0.05) is 0 Å². The molecule has 1 N–H and O–H groups in total. The molecule has 0 aliphatic heterocycles. The average Bonchev–Trinajstić information content (AvgIpc) is 2.40. The van der Waals surface area contributed by atoms with Crippen molar-refractivity contribution in [2.45, 2.75) is 33.1 Å². The van der Waals surface area contributed by atoms with Crippen LogP contribution in [0.5, 0.6) is 0 Å². The van der Waals surface area contributed by atoms with Gasteiger partial charge in [0.15, 0.2) is 0 Å². The molecule has 0 aliphatic carbocycles. The van der Waals surface area contributed by atoms with E-state index in [0.717, 1.165) is 22.3 Å². The van der Waals surface area contributed by atoms with E-state index in [0.29, 0.717) is 6.42 Å². The van der Waals surface area contributed by atoms with Gasteiger partial charge in [0.1, 0.15) is 0 Å². The molecule has 0 amide bonds. The molecule has 0 aliphatic rings. The summed E-state index contributed by atoms with van der Waals surface area (Å²) >= 11 is 0. The van der Waals surface area contributed by atoms with Crippen molar-refractivity contribution < 1.29 is 9.90 Å². The fourth-order valence-electron chi connectivity index (χ4n) is 2.55. The number of carbonyl (C=O) groups is 1. The van der Waals surface area contributed by atoms with Gasteiger partial charge in [0.05, 0.1) is 5.92 Å². The minimum Gasteiger partial charge on any atom is -0.481 e. The second-order valence-corrected chi connectivity index (χ2v) is 5.38. The summed E-state index contributed by atoms with van der Waals surface area (Å²) in [6, 6.07) is 13.9. The Morgan fingerprint density at radius 3 is 2.40 bits per heavy atom. The number of aryl methyl sites for hydroxylation is 3. The number of hydrogen-bond acceptors (Lipinski definition) is 1. The van der Waals surface area contributed by atoms with Crippen LogP contribution < -0.4 is 0 Å². The summed E-state index contributed by atoms with van der Waals surface area (Å²) in [7, 11) is 0. The molecule has 0 bridgehead atoms. The van der Waals surface area contributed by atoms with Crippen molar-refractivity contribution in [3.63, 3.8) is 0 Å². The van der Waals surface area contributed by atoms with Crippen LogP contribution in [0.4, 0.5) is 0 Å². The molecule has 2 aromatic carbocycles. The summed E-state index contributed by atoms with van der Waals surface area (Å²) < 4.78 is 0. The van der Waals surface area contributed by atoms with Crippen LogP contribution in [0.1, 0.15) is 33.7 Å². The van der Waals surface area contributed by atoms with Crippen LogP contribution in [0.25, 0.3) is 0 Å². The van der Waals surface area contributed by atoms with E-state index in [2.05, 4.69) is 18.2 Å². The largest absolute Gasteiger partial charge is 0.481 e. The summed E-state index contributed by atoms with van der Waals surface area (Å²) in [4.78, 5) is 11.7. The summed E-state index contributed by atoms with van der Waals surface area (Å²) in [6.07, 6.45) is 0.535. The minimum absolute atomic E-state index is 0.489. The lowest BCUT2D eigenvalue weighted by Crippen LogP contribution is -2.16. The third kappa shape index (κ3) is 3.08. The molecule has 0 fully saturated rings. The van der Waals surface area contributed by atoms with Gasteiger partial charge in [-0.3, -0.25) is 4.79 Å². The Kier molecular flexibility index (Phi) is 4.23. The van der Waals surface area contributed by atoms with E-state index in [9.17, 15) is 9.90 Å². The molecule has 104 valence electrons. The first-order valence-electron chi connectivity index (χ1n) is 6.83. The second kappa shape index (κ2) is 5.91. The first kappa shape index (κ1) is 14.3. The first-order chi connectivity index (χ1) is 9.49. The molecule has 0 saturated heterocycles. The van der Waals surface area contributed by atoms with Gasteiger partial charge in [-0.1, -0.05) is 48.0 Å². The molecule has 0 spiro atoms. The van der Waals surface area contributed by atoms with Crippen molar-refractivity contribution >= 4 is 5.97 Å². The summed E-state index contributed by atoms with van der Waals surface area (Å²) in [5.74, 6) is -1.25. The van der Waals surface area contributed by atoms with Crippen molar-refractivity contribution in [1.29, 1.82) is 0 Å². The van der Waals surface area contributed by atoms with E-state index in [1.54, 1.807) is 0 Å². The molecule has 1 atom stereocenters. The van der Waals surface area contributed by atoms with E-state index in [1.807, 2.05) is 45.0 Å². The molecular weight excluding hydrogens is 248 g/mol.